The molecule has 0 unspecified atom stereocenters. The van der Waals surface area contributed by atoms with Gasteiger partial charge in [0.15, 0.2) is 5.78 Å². The van der Waals surface area contributed by atoms with E-state index < -0.39 is 38.7 Å². The summed E-state index contributed by atoms with van der Waals surface area (Å²) in [5, 5.41) is 24.1. The molecule has 0 heterocycles. The molecule has 2 aromatic rings. The summed E-state index contributed by atoms with van der Waals surface area (Å²) in [6.45, 7) is 10.9. The van der Waals surface area contributed by atoms with Gasteiger partial charge in [-0.05, 0) is 40.8 Å². The summed E-state index contributed by atoms with van der Waals surface area (Å²) in [7, 11) is 1.85. The van der Waals surface area contributed by atoms with Gasteiger partial charge in [0.05, 0.1) is 18.8 Å². The van der Waals surface area contributed by atoms with E-state index in [0.717, 1.165) is 23.2 Å². The Morgan fingerprint density at radius 2 is 1.48 bits per heavy atom. The number of ether oxygens (including phenoxy) is 3. The van der Waals surface area contributed by atoms with E-state index in [-0.39, 0.29) is 23.8 Å². The topological polar surface area (TPSA) is 94.5 Å². The van der Waals surface area contributed by atoms with E-state index in [1.54, 1.807) is 28.1 Å². The van der Waals surface area contributed by atoms with Crippen LogP contribution >= 0.6 is 0 Å². The lowest BCUT2D eigenvalue weighted by atomic mass is 9.89. The molecule has 0 fully saturated rings. The van der Waals surface area contributed by atoms with Gasteiger partial charge in [0, 0.05) is 40.3 Å². The Kier molecular flexibility index (Phi) is 14.8. The SMILES string of the molecule is COCCC/C=C(\C)[C@H](O)[C@@H](OC)C(=[18O])[C@H](C)[C@@H](O)C[C@@H](CO[Si](c1ccccc1)(c1ccccc1)C(C)(C)C)OC. The van der Waals surface area contributed by atoms with Crippen LogP contribution in [0, 0.1) is 5.92 Å². The lowest BCUT2D eigenvalue weighted by Crippen LogP contribution is -2.67. The first-order valence-electron chi connectivity index (χ1n) is 14.8. The van der Waals surface area contributed by atoms with Crippen LogP contribution in [0.5, 0.6) is 0 Å². The fraction of sp³-hybridized carbons (Fsp3) is 0.559. The number of carbonyl (C=O) groups excluding carboxylic acids is 1. The monoisotopic (exact) mass is 602 g/mol. The van der Waals surface area contributed by atoms with Gasteiger partial charge in [0.1, 0.15) is 12.2 Å². The van der Waals surface area contributed by atoms with Gasteiger partial charge in [-0.3, -0.25) is 4.79 Å². The van der Waals surface area contributed by atoms with Crippen molar-refractivity contribution in [2.24, 2.45) is 5.92 Å². The van der Waals surface area contributed by atoms with Crippen LogP contribution in [0.1, 0.15) is 53.9 Å². The van der Waals surface area contributed by atoms with Gasteiger partial charge in [0.2, 0.25) is 0 Å². The highest BCUT2D eigenvalue weighted by Gasteiger charge is 2.50. The number of aliphatic hydroxyl groups excluding tert-OH is 2. The molecule has 0 aliphatic carbocycles. The molecule has 0 aliphatic heterocycles. The first-order valence-corrected chi connectivity index (χ1v) is 16.7. The number of benzene rings is 2. The van der Waals surface area contributed by atoms with Gasteiger partial charge in [-0.1, -0.05) is 94.4 Å². The number of carbonyl (C=O) groups is 1. The molecule has 0 saturated heterocycles. The third-order valence-corrected chi connectivity index (χ3v) is 13.1. The number of ketones is 1. The van der Waals surface area contributed by atoms with Crippen LogP contribution in [0.2, 0.25) is 5.04 Å². The van der Waals surface area contributed by atoms with E-state index in [1.165, 1.54) is 7.11 Å². The molecule has 2 rings (SSSR count). The summed E-state index contributed by atoms with van der Waals surface area (Å²) >= 11 is 0. The van der Waals surface area contributed by atoms with Gasteiger partial charge >= 0.3 is 0 Å². The number of aliphatic hydroxyl groups is 2. The van der Waals surface area contributed by atoms with Crippen LogP contribution in [0.4, 0.5) is 0 Å². The summed E-state index contributed by atoms with van der Waals surface area (Å²) in [6, 6.07) is 20.7. The second kappa shape index (κ2) is 17.2. The predicted octanol–water partition coefficient (Wildman–Crippen LogP) is 4.28. The summed E-state index contributed by atoms with van der Waals surface area (Å²) in [6.07, 6.45) is -0.0196. The number of allylic oxidation sites excluding steroid dienone is 1. The van der Waals surface area contributed by atoms with Crippen molar-refractivity contribution in [3.8, 4) is 0 Å². The van der Waals surface area contributed by atoms with E-state index in [9.17, 15) is 15.0 Å². The summed E-state index contributed by atoms with van der Waals surface area (Å²) in [4.78, 5) is 13.4. The van der Waals surface area contributed by atoms with Gasteiger partial charge in [0.25, 0.3) is 8.32 Å². The van der Waals surface area contributed by atoms with Gasteiger partial charge in [-0.15, -0.1) is 0 Å². The molecule has 0 saturated carbocycles. The van der Waals surface area contributed by atoms with Gasteiger partial charge in [-0.25, -0.2) is 0 Å². The minimum Gasteiger partial charge on any atom is -0.405 e. The Bertz CT molecular complexity index is 1040. The molecule has 2 N–H and O–H groups in total. The third-order valence-electron chi connectivity index (χ3n) is 8.07. The van der Waals surface area contributed by atoms with Crippen molar-refractivity contribution < 1.29 is 33.6 Å². The van der Waals surface area contributed by atoms with E-state index in [2.05, 4.69) is 45.0 Å². The lowest BCUT2D eigenvalue weighted by Gasteiger charge is -2.43. The number of hydrogen-bond acceptors (Lipinski definition) is 7. The number of Topliss-reactive ketones (excluding diaryl/α,β-unsaturated/α-hetero) is 1. The zero-order valence-corrected chi connectivity index (χ0v) is 27.7. The van der Waals surface area contributed by atoms with Gasteiger partial charge < -0.3 is 28.8 Å². The van der Waals surface area contributed by atoms with Crippen molar-refractivity contribution in [1.82, 2.24) is 0 Å². The quantitative estimate of drug-likeness (QED) is 0.114. The van der Waals surface area contributed by atoms with Crippen LogP contribution < -0.4 is 10.4 Å². The molecular formula is C34H52O7Si. The Morgan fingerprint density at radius 3 is 1.93 bits per heavy atom. The molecule has 5 atom stereocenters. The molecular weight excluding hydrogens is 550 g/mol. The Balaban J connectivity index is 2.21. The minimum absolute atomic E-state index is 0.194. The normalized spacial score (nSPS) is 16.5. The number of rotatable bonds is 18. The highest BCUT2D eigenvalue weighted by molar-refractivity contribution is 6.99. The summed E-state index contributed by atoms with van der Waals surface area (Å²) in [5.41, 5.74) is 0.654. The first-order chi connectivity index (χ1) is 19.9. The number of hydrogen-bond donors (Lipinski definition) is 2. The minimum atomic E-state index is -2.79. The standard InChI is InChI=1S/C34H52O7Si/c1-25(17-15-16-22-38-6)31(36)33(40-8)32(37)26(2)30(35)23-27(39-7)24-41-42(34(3,4)5,28-18-11-9-12-19-28)29-20-13-10-14-21-29/h9-14,17-21,26-27,30-31,33,35-36H,15-16,22-24H2,1-8H3/b25-17+/t26-,27+,30+,31+,33-/m1/s1/i37+2. The smallest absolute Gasteiger partial charge is 0.261 e. The summed E-state index contributed by atoms with van der Waals surface area (Å²) in [5.74, 6) is -1.14. The summed E-state index contributed by atoms with van der Waals surface area (Å²) < 4.78 is 23.3. The number of unbranched alkanes of at least 4 members (excludes halogenated alkanes) is 1. The lowest BCUT2D eigenvalue weighted by molar-refractivity contribution is -0.142. The van der Waals surface area contributed by atoms with Gasteiger partial charge in [-0.2, -0.15) is 0 Å². The average Bonchev–Trinajstić information content (AvgIpc) is 2.98. The van der Waals surface area contributed by atoms with E-state index >= 15 is 0 Å². The van der Waals surface area contributed by atoms with Crippen molar-refractivity contribution >= 4 is 24.5 Å². The zero-order chi connectivity index (χ0) is 31.3. The van der Waals surface area contributed by atoms with E-state index in [1.807, 2.05) is 42.5 Å². The highest BCUT2D eigenvalue weighted by atomic mass is 28.4. The molecule has 0 aliphatic rings. The number of methoxy groups -OCH3 is 3. The maximum atomic E-state index is 13.4. The Hall–Kier alpha value is -2.17. The van der Waals surface area contributed by atoms with Crippen molar-refractivity contribution in [2.45, 2.75) is 83.3 Å². The molecule has 0 bridgehead atoms. The van der Waals surface area contributed by atoms with E-state index in [0.29, 0.717) is 12.2 Å². The van der Waals surface area contributed by atoms with Crippen molar-refractivity contribution in [3.05, 3.63) is 72.3 Å². The third kappa shape index (κ3) is 9.16. The highest BCUT2D eigenvalue weighted by Crippen LogP contribution is 2.37. The zero-order valence-electron chi connectivity index (χ0n) is 26.7. The van der Waals surface area contributed by atoms with Crippen molar-refractivity contribution in [3.63, 3.8) is 0 Å². The average molecular weight is 603 g/mol. The predicted molar refractivity (Wildman–Crippen MR) is 171 cm³/mol. The molecule has 0 radical (unpaired) electrons. The molecule has 234 valence electrons. The molecule has 0 spiro atoms. The molecule has 2 aromatic carbocycles. The van der Waals surface area contributed by atoms with Crippen LogP contribution in [0.25, 0.3) is 0 Å². The second-order valence-corrected chi connectivity index (χ2v) is 16.3. The maximum Gasteiger partial charge on any atom is 0.261 e. The largest absolute Gasteiger partial charge is 0.405 e. The van der Waals surface area contributed by atoms with Crippen molar-refractivity contribution in [2.75, 3.05) is 34.5 Å². The second-order valence-electron chi connectivity index (χ2n) is 12.0. The molecule has 8 heteroatoms. The van der Waals surface area contributed by atoms with Crippen LogP contribution in [-0.4, -0.2) is 83.3 Å². The molecule has 7 nitrogen and oxygen atoms in total. The van der Waals surface area contributed by atoms with Crippen LogP contribution in [0.15, 0.2) is 72.3 Å². The fourth-order valence-electron chi connectivity index (χ4n) is 5.45. The Labute approximate surface area is 254 Å². The van der Waals surface area contributed by atoms with E-state index in [4.69, 9.17) is 18.6 Å². The Morgan fingerprint density at radius 1 is 0.929 bits per heavy atom. The molecule has 0 aromatic heterocycles. The van der Waals surface area contributed by atoms with Crippen molar-refractivity contribution in [1.29, 1.82) is 0 Å². The van der Waals surface area contributed by atoms with Crippen LogP contribution in [-0.2, 0) is 23.4 Å². The fourth-order valence-corrected chi connectivity index (χ4v) is 10.0. The first kappa shape index (κ1) is 36.0. The molecule has 42 heavy (non-hydrogen) atoms. The molecule has 0 amide bonds. The maximum absolute atomic E-state index is 13.4. The van der Waals surface area contributed by atoms with Crippen LogP contribution in [0.3, 0.4) is 0 Å².